The third kappa shape index (κ3) is 4.66. The Balaban J connectivity index is 1.67. The molecular weight excluding hydrogens is 472 g/mol. The Morgan fingerprint density at radius 1 is 0.750 bits per heavy atom. The second-order valence-electron chi connectivity index (χ2n) is 8.49. The van der Waals surface area contributed by atoms with Gasteiger partial charge in [0, 0.05) is 23.0 Å². The van der Waals surface area contributed by atoms with Crippen molar-refractivity contribution >= 4 is 27.6 Å². The Morgan fingerprint density at radius 2 is 1.33 bits per heavy atom. The highest BCUT2D eigenvalue weighted by atomic mass is 32.2. The molecular formula is C29H24N2O4S. The molecule has 4 aromatic carbocycles. The summed E-state index contributed by atoms with van der Waals surface area (Å²) in [6.45, 7) is 0.401. The average molecular weight is 497 g/mol. The first-order valence-electron chi connectivity index (χ1n) is 11.4. The van der Waals surface area contributed by atoms with Gasteiger partial charge in [-0.05, 0) is 39.9 Å². The van der Waals surface area contributed by atoms with Crippen molar-refractivity contribution in [3.05, 3.63) is 120 Å². The average Bonchev–Trinajstić information content (AvgIpc) is 3.22. The third-order valence-electron chi connectivity index (χ3n) is 6.20. The number of nitrogens with two attached hydrogens (primary N) is 1. The number of nitrogens with zero attached hydrogens (tertiary/aromatic N) is 1. The van der Waals surface area contributed by atoms with Crippen LogP contribution in [-0.2, 0) is 27.8 Å². The van der Waals surface area contributed by atoms with E-state index in [1.54, 1.807) is 6.07 Å². The molecule has 0 saturated carbocycles. The zero-order chi connectivity index (χ0) is 25.1. The molecule has 7 heteroatoms. The first-order chi connectivity index (χ1) is 17.5. The largest absolute Gasteiger partial charge is 0.374 e. The minimum atomic E-state index is -2.59. The van der Waals surface area contributed by atoms with Crippen LogP contribution in [0, 0.1) is 0 Å². The highest BCUT2D eigenvalue weighted by Gasteiger charge is 2.25. The van der Waals surface area contributed by atoms with E-state index >= 15 is 0 Å². The summed E-state index contributed by atoms with van der Waals surface area (Å²) in [5.41, 5.74) is 6.42. The predicted octanol–water partition coefficient (Wildman–Crippen LogP) is 5.17. The molecule has 0 saturated heterocycles. The van der Waals surface area contributed by atoms with E-state index in [0.29, 0.717) is 23.4 Å². The van der Waals surface area contributed by atoms with Crippen LogP contribution in [0.2, 0.25) is 0 Å². The summed E-state index contributed by atoms with van der Waals surface area (Å²) < 4.78 is 24.7. The maximum absolute atomic E-state index is 13.0. The molecule has 0 atom stereocenters. The van der Waals surface area contributed by atoms with Crippen molar-refractivity contribution in [1.29, 1.82) is 0 Å². The van der Waals surface area contributed by atoms with E-state index in [9.17, 15) is 13.2 Å². The predicted molar refractivity (Wildman–Crippen MR) is 142 cm³/mol. The molecule has 0 aliphatic heterocycles. The van der Waals surface area contributed by atoms with Gasteiger partial charge in [-0.15, -0.1) is 0 Å². The van der Waals surface area contributed by atoms with E-state index < -0.39 is 16.7 Å². The smallest absolute Gasteiger partial charge is 0.369 e. The molecule has 180 valence electrons. The first kappa shape index (κ1) is 23.5. The van der Waals surface area contributed by atoms with Gasteiger partial charge in [0.25, 0.3) is 0 Å². The van der Waals surface area contributed by atoms with E-state index in [1.165, 1.54) is 0 Å². The SMILES string of the molecule is NOC(=O)c1c(-c2ccccc2)c2cc(C[SH](=O)=O)ccc2n1Cc1ccc(-c2ccccc2)cc1. The Morgan fingerprint density at radius 3 is 1.94 bits per heavy atom. The van der Waals surface area contributed by atoms with Crippen LogP contribution in [0.15, 0.2) is 103 Å². The molecule has 0 radical (unpaired) electrons. The molecule has 0 unspecified atom stereocenters. The molecule has 2 N–H and O–H groups in total. The minimum absolute atomic E-state index is 0.0811. The van der Waals surface area contributed by atoms with E-state index in [1.807, 2.05) is 77.4 Å². The number of aromatic nitrogens is 1. The van der Waals surface area contributed by atoms with Gasteiger partial charge < -0.3 is 9.40 Å². The summed E-state index contributed by atoms with van der Waals surface area (Å²) in [6, 6.07) is 33.2. The fraction of sp³-hybridized carbons (Fsp3) is 0.0690. The lowest BCUT2D eigenvalue weighted by atomic mass is 10.0. The highest BCUT2D eigenvalue weighted by Crippen LogP contribution is 2.37. The number of hydrogen-bond donors (Lipinski definition) is 2. The van der Waals surface area contributed by atoms with Crippen LogP contribution in [-0.4, -0.2) is 19.0 Å². The number of fused-ring (bicyclic) bond motifs is 1. The molecule has 5 aromatic rings. The van der Waals surface area contributed by atoms with E-state index in [0.717, 1.165) is 33.2 Å². The van der Waals surface area contributed by atoms with Gasteiger partial charge in [0.15, 0.2) is 0 Å². The number of carbonyl (C=O) groups is 1. The zero-order valence-corrected chi connectivity index (χ0v) is 20.2. The molecule has 5 rings (SSSR count). The van der Waals surface area contributed by atoms with Crippen molar-refractivity contribution in [3.63, 3.8) is 0 Å². The van der Waals surface area contributed by atoms with Crippen molar-refractivity contribution in [2.45, 2.75) is 12.3 Å². The fourth-order valence-corrected chi connectivity index (χ4v) is 5.09. The molecule has 0 spiro atoms. The van der Waals surface area contributed by atoms with Gasteiger partial charge in [-0.2, -0.15) is 5.90 Å². The lowest BCUT2D eigenvalue weighted by Gasteiger charge is -2.12. The molecule has 0 aliphatic carbocycles. The Labute approximate surface area is 210 Å². The minimum Gasteiger partial charge on any atom is -0.369 e. The van der Waals surface area contributed by atoms with Crippen molar-refractivity contribution in [2.75, 3.05) is 0 Å². The fourth-order valence-electron chi connectivity index (χ4n) is 4.59. The van der Waals surface area contributed by atoms with Crippen molar-refractivity contribution < 1.29 is 18.0 Å². The molecule has 6 nitrogen and oxygen atoms in total. The van der Waals surface area contributed by atoms with Gasteiger partial charge in [0.2, 0.25) is 0 Å². The van der Waals surface area contributed by atoms with Gasteiger partial charge in [-0.25, -0.2) is 13.2 Å². The van der Waals surface area contributed by atoms with Crippen LogP contribution in [0.3, 0.4) is 0 Å². The summed E-state index contributed by atoms with van der Waals surface area (Å²) in [7, 11) is -2.59. The van der Waals surface area contributed by atoms with Crippen LogP contribution in [0.1, 0.15) is 21.6 Å². The second kappa shape index (κ2) is 10.2. The molecule has 0 amide bonds. The summed E-state index contributed by atoms with van der Waals surface area (Å²) in [6.07, 6.45) is 0. The van der Waals surface area contributed by atoms with E-state index in [4.69, 9.17) is 10.7 Å². The van der Waals surface area contributed by atoms with Crippen molar-refractivity contribution in [3.8, 4) is 22.3 Å². The topological polar surface area (TPSA) is 91.4 Å². The number of thiol groups is 1. The normalized spacial score (nSPS) is 11.2. The van der Waals surface area contributed by atoms with Crippen LogP contribution >= 0.6 is 0 Å². The maximum Gasteiger partial charge on any atom is 0.374 e. The molecule has 1 aromatic heterocycles. The van der Waals surface area contributed by atoms with Crippen LogP contribution < -0.4 is 5.90 Å². The van der Waals surface area contributed by atoms with E-state index in [2.05, 4.69) is 24.3 Å². The quantitative estimate of drug-likeness (QED) is 0.240. The number of hydrogen-bond acceptors (Lipinski definition) is 5. The third-order valence-corrected chi connectivity index (χ3v) is 6.83. The standard InChI is InChI=1S/C29H24N2O4S/c30-35-29(32)28-27(24-9-5-2-6-10-24)25-17-21(19-36(33)34)13-16-26(25)31(28)18-20-11-14-23(15-12-20)22-7-3-1-4-8-22/h1-17,36H,18-19,30H2. The van der Waals surface area contributed by atoms with Gasteiger partial charge in [-0.1, -0.05) is 91.0 Å². The van der Waals surface area contributed by atoms with E-state index in [-0.39, 0.29) is 5.75 Å². The lowest BCUT2D eigenvalue weighted by molar-refractivity contribution is 0.0493. The molecule has 0 fully saturated rings. The maximum atomic E-state index is 13.0. The molecule has 0 bridgehead atoms. The van der Waals surface area contributed by atoms with Crippen LogP contribution in [0.5, 0.6) is 0 Å². The monoisotopic (exact) mass is 496 g/mol. The summed E-state index contributed by atoms with van der Waals surface area (Å²) in [5.74, 6) is 4.63. The lowest BCUT2D eigenvalue weighted by Crippen LogP contribution is -2.17. The second-order valence-corrected chi connectivity index (χ2v) is 9.47. The Hall–Kier alpha value is -4.20. The van der Waals surface area contributed by atoms with Crippen LogP contribution in [0.4, 0.5) is 0 Å². The molecule has 36 heavy (non-hydrogen) atoms. The molecule has 1 heterocycles. The number of carbonyl (C=O) groups excluding carboxylic acids is 1. The first-order valence-corrected chi connectivity index (χ1v) is 12.8. The number of rotatable bonds is 7. The van der Waals surface area contributed by atoms with Gasteiger partial charge in [-0.3, -0.25) is 0 Å². The van der Waals surface area contributed by atoms with Crippen molar-refractivity contribution in [1.82, 2.24) is 4.57 Å². The van der Waals surface area contributed by atoms with Crippen molar-refractivity contribution in [2.24, 2.45) is 5.90 Å². The van der Waals surface area contributed by atoms with Gasteiger partial charge >= 0.3 is 5.97 Å². The summed E-state index contributed by atoms with van der Waals surface area (Å²) >= 11 is 0. The van der Waals surface area contributed by atoms with Gasteiger partial charge in [0.05, 0.1) is 5.75 Å². The number of benzene rings is 4. The van der Waals surface area contributed by atoms with Gasteiger partial charge in [0.1, 0.15) is 16.4 Å². The molecule has 0 aliphatic rings. The zero-order valence-electron chi connectivity index (χ0n) is 19.3. The highest BCUT2D eigenvalue weighted by molar-refractivity contribution is 7.71. The summed E-state index contributed by atoms with van der Waals surface area (Å²) in [4.78, 5) is 17.7. The van der Waals surface area contributed by atoms with Crippen LogP contribution in [0.25, 0.3) is 33.2 Å². The summed E-state index contributed by atoms with van der Waals surface area (Å²) in [5, 5.41) is 0.761. The Bertz CT molecular complexity index is 1600. The Kier molecular flexibility index (Phi) is 6.66.